The third-order valence-electron chi connectivity index (χ3n) is 4.94. The van der Waals surface area contributed by atoms with E-state index in [1.807, 2.05) is 60.0 Å². The molecule has 30 heavy (non-hydrogen) atoms. The monoisotopic (exact) mass is 417 g/mol. The highest BCUT2D eigenvalue weighted by Gasteiger charge is 2.18. The molecule has 0 amide bonds. The number of hydrogen-bond acceptors (Lipinski definition) is 4. The lowest BCUT2D eigenvalue weighted by molar-refractivity contribution is 0.103. The van der Waals surface area contributed by atoms with Crippen LogP contribution in [0.15, 0.2) is 77.9 Å². The summed E-state index contributed by atoms with van der Waals surface area (Å²) in [7, 11) is 3.75. The zero-order chi connectivity index (χ0) is 21.3. The van der Waals surface area contributed by atoms with Crippen LogP contribution in [-0.4, -0.2) is 29.4 Å². The van der Waals surface area contributed by atoms with Crippen LogP contribution in [0.2, 0.25) is 5.02 Å². The van der Waals surface area contributed by atoms with Gasteiger partial charge in [0.15, 0.2) is 5.78 Å². The molecule has 2 heterocycles. The summed E-state index contributed by atoms with van der Waals surface area (Å²) in [5.41, 5.74) is 1.96. The van der Waals surface area contributed by atoms with Crippen molar-refractivity contribution in [2.24, 2.45) is 0 Å². The highest BCUT2D eigenvalue weighted by Crippen LogP contribution is 2.18. The van der Waals surface area contributed by atoms with Crippen molar-refractivity contribution < 1.29 is 4.79 Å². The van der Waals surface area contributed by atoms with Gasteiger partial charge in [-0.3, -0.25) is 9.59 Å². The van der Waals surface area contributed by atoms with E-state index in [-0.39, 0.29) is 16.8 Å². The molecule has 5 nitrogen and oxygen atoms in total. The first-order chi connectivity index (χ1) is 14.4. The van der Waals surface area contributed by atoms with Crippen LogP contribution < -0.4 is 10.3 Å². The van der Waals surface area contributed by atoms with E-state index in [1.165, 1.54) is 6.20 Å². The minimum absolute atomic E-state index is 0.120. The van der Waals surface area contributed by atoms with Crippen molar-refractivity contribution in [3.8, 4) is 0 Å². The number of halogens is 1. The first kappa shape index (κ1) is 19.9. The number of fused-ring (bicyclic) bond motifs is 1. The number of rotatable bonds is 5. The maximum Gasteiger partial charge on any atom is 0.200 e. The second kappa shape index (κ2) is 8.13. The Morgan fingerprint density at radius 1 is 1.07 bits per heavy atom. The molecule has 0 saturated heterocycles. The Labute approximate surface area is 179 Å². The van der Waals surface area contributed by atoms with Gasteiger partial charge in [0.25, 0.3) is 0 Å². The number of hydrogen-bond donors (Lipinski definition) is 0. The average Bonchev–Trinajstić information content (AvgIpc) is 2.75. The molecule has 150 valence electrons. The zero-order valence-electron chi connectivity index (χ0n) is 16.7. The van der Waals surface area contributed by atoms with Crippen LogP contribution >= 0.6 is 11.6 Å². The number of ketones is 1. The zero-order valence-corrected chi connectivity index (χ0v) is 17.4. The van der Waals surface area contributed by atoms with Gasteiger partial charge < -0.3 is 9.47 Å². The molecule has 0 radical (unpaired) electrons. The number of anilines is 1. The molecule has 0 aliphatic rings. The van der Waals surface area contributed by atoms with Crippen LogP contribution in [0, 0.1) is 0 Å². The first-order valence-electron chi connectivity index (χ1n) is 9.49. The molecule has 2 aromatic carbocycles. The summed E-state index contributed by atoms with van der Waals surface area (Å²) in [5.74, 6) is 0.395. The number of aromatic nitrogens is 2. The van der Waals surface area contributed by atoms with Crippen molar-refractivity contribution in [2.75, 3.05) is 19.0 Å². The molecular formula is C24H20ClN3O2. The number of benzene rings is 2. The Kier molecular flexibility index (Phi) is 5.38. The maximum atomic E-state index is 13.2. The number of para-hydroxylation sites is 1. The second-order valence-corrected chi connectivity index (χ2v) is 7.71. The van der Waals surface area contributed by atoms with E-state index >= 15 is 0 Å². The standard InChI is InChI=1S/C24H20ClN3O2/c1-27(2)22-11-10-17(13-26-22)23(29)20-15-28(14-16-6-5-7-18(25)12-16)21-9-4-3-8-19(21)24(20)30/h3-13,15H,14H2,1-2H3. The van der Waals surface area contributed by atoms with Crippen LogP contribution in [0.25, 0.3) is 10.9 Å². The van der Waals surface area contributed by atoms with Gasteiger partial charge in [-0.2, -0.15) is 0 Å². The van der Waals surface area contributed by atoms with E-state index in [2.05, 4.69) is 4.98 Å². The quantitative estimate of drug-likeness (QED) is 0.452. The highest BCUT2D eigenvalue weighted by molar-refractivity contribution is 6.30. The van der Waals surface area contributed by atoms with Gasteiger partial charge in [0, 0.05) is 49.0 Å². The summed E-state index contributed by atoms with van der Waals surface area (Å²) < 4.78 is 1.91. The molecule has 0 saturated carbocycles. The molecule has 4 aromatic rings. The molecule has 0 aliphatic carbocycles. The lowest BCUT2D eigenvalue weighted by Gasteiger charge is -2.14. The molecule has 0 atom stereocenters. The van der Waals surface area contributed by atoms with Gasteiger partial charge in [0.1, 0.15) is 5.82 Å². The summed E-state index contributed by atoms with van der Waals surface area (Å²) in [6.07, 6.45) is 3.14. The smallest absolute Gasteiger partial charge is 0.200 e. The molecule has 0 N–H and O–H groups in total. The predicted octanol–water partition coefficient (Wildman–Crippen LogP) is 4.40. The molecule has 0 bridgehead atoms. The number of pyridine rings is 2. The van der Waals surface area contributed by atoms with Gasteiger partial charge in [-0.25, -0.2) is 4.98 Å². The predicted molar refractivity (Wildman–Crippen MR) is 121 cm³/mol. The topological polar surface area (TPSA) is 55.2 Å². The van der Waals surface area contributed by atoms with Crippen LogP contribution in [-0.2, 0) is 6.54 Å². The lowest BCUT2D eigenvalue weighted by Crippen LogP contribution is -2.20. The van der Waals surface area contributed by atoms with Crippen LogP contribution in [0.3, 0.4) is 0 Å². The van der Waals surface area contributed by atoms with Crippen molar-refractivity contribution in [1.82, 2.24) is 9.55 Å². The van der Waals surface area contributed by atoms with Crippen molar-refractivity contribution in [1.29, 1.82) is 0 Å². The lowest BCUT2D eigenvalue weighted by atomic mass is 10.0. The van der Waals surface area contributed by atoms with E-state index in [9.17, 15) is 9.59 Å². The van der Waals surface area contributed by atoms with E-state index in [1.54, 1.807) is 30.5 Å². The van der Waals surface area contributed by atoms with Crippen LogP contribution in [0.5, 0.6) is 0 Å². The Bertz CT molecular complexity index is 1290. The van der Waals surface area contributed by atoms with Crippen molar-refractivity contribution >= 4 is 34.1 Å². The Hall–Kier alpha value is -3.44. The largest absolute Gasteiger partial charge is 0.363 e. The van der Waals surface area contributed by atoms with E-state index < -0.39 is 0 Å². The van der Waals surface area contributed by atoms with Crippen LogP contribution in [0.1, 0.15) is 21.5 Å². The Balaban J connectivity index is 1.82. The molecule has 2 aromatic heterocycles. The Morgan fingerprint density at radius 2 is 1.87 bits per heavy atom. The molecule has 0 unspecified atom stereocenters. The van der Waals surface area contributed by atoms with Gasteiger partial charge in [-0.1, -0.05) is 35.9 Å². The van der Waals surface area contributed by atoms with E-state index in [0.717, 1.165) is 16.9 Å². The molecule has 6 heteroatoms. The summed E-state index contributed by atoms with van der Waals surface area (Å²) in [6, 6.07) is 18.3. The molecule has 4 rings (SSSR count). The van der Waals surface area contributed by atoms with Gasteiger partial charge in [-0.15, -0.1) is 0 Å². The summed E-state index contributed by atoms with van der Waals surface area (Å²) in [4.78, 5) is 32.4. The second-order valence-electron chi connectivity index (χ2n) is 7.28. The molecular weight excluding hydrogens is 398 g/mol. The first-order valence-corrected chi connectivity index (χ1v) is 9.86. The summed E-state index contributed by atoms with van der Waals surface area (Å²) >= 11 is 6.13. The van der Waals surface area contributed by atoms with Gasteiger partial charge >= 0.3 is 0 Å². The maximum absolute atomic E-state index is 13.2. The van der Waals surface area contributed by atoms with Crippen molar-refractivity contribution in [2.45, 2.75) is 6.54 Å². The number of carbonyl (C=O) groups excluding carboxylic acids is 1. The third kappa shape index (κ3) is 3.84. The van der Waals surface area contributed by atoms with Crippen molar-refractivity contribution in [3.05, 3.63) is 105 Å². The summed E-state index contributed by atoms with van der Waals surface area (Å²) in [6.45, 7) is 0.486. The molecule has 0 spiro atoms. The molecule has 0 aliphatic heterocycles. The fourth-order valence-electron chi connectivity index (χ4n) is 3.41. The number of nitrogens with zero attached hydrogens (tertiary/aromatic N) is 3. The normalized spacial score (nSPS) is 10.9. The van der Waals surface area contributed by atoms with E-state index in [0.29, 0.717) is 22.5 Å². The van der Waals surface area contributed by atoms with Gasteiger partial charge in [0.05, 0.1) is 11.1 Å². The fourth-order valence-corrected chi connectivity index (χ4v) is 3.62. The highest BCUT2D eigenvalue weighted by atomic mass is 35.5. The molecule has 0 fully saturated rings. The third-order valence-corrected chi connectivity index (χ3v) is 5.18. The average molecular weight is 418 g/mol. The summed E-state index contributed by atoms with van der Waals surface area (Å²) in [5, 5.41) is 1.14. The number of carbonyl (C=O) groups is 1. The fraction of sp³-hybridized carbons (Fsp3) is 0.125. The van der Waals surface area contributed by atoms with Gasteiger partial charge in [-0.05, 0) is 42.0 Å². The van der Waals surface area contributed by atoms with Crippen molar-refractivity contribution in [3.63, 3.8) is 0 Å². The van der Waals surface area contributed by atoms with E-state index in [4.69, 9.17) is 11.6 Å². The minimum atomic E-state index is -0.344. The SMILES string of the molecule is CN(C)c1ccc(C(=O)c2cn(Cc3cccc(Cl)c3)c3ccccc3c2=O)cn1. The van der Waals surface area contributed by atoms with Gasteiger partial charge in [0.2, 0.25) is 5.43 Å². The Morgan fingerprint density at radius 3 is 2.57 bits per heavy atom. The minimum Gasteiger partial charge on any atom is -0.363 e. The van der Waals surface area contributed by atoms with Crippen LogP contribution in [0.4, 0.5) is 5.82 Å².